The predicted octanol–water partition coefficient (Wildman–Crippen LogP) is 1.07. The number of imidazole rings is 1. The van der Waals surface area contributed by atoms with E-state index >= 15 is 0 Å². The number of hydrogen-bond acceptors (Lipinski definition) is 6. The van der Waals surface area contributed by atoms with Crippen molar-refractivity contribution in [1.29, 1.82) is 0 Å². The van der Waals surface area contributed by atoms with Gasteiger partial charge in [0.05, 0.1) is 0 Å². The summed E-state index contributed by atoms with van der Waals surface area (Å²) < 4.78 is 1.27. The summed E-state index contributed by atoms with van der Waals surface area (Å²) >= 11 is 1.99. The Balaban J connectivity index is 1.37. The second kappa shape index (κ2) is 8.88. The maximum atomic E-state index is 12.4. The van der Waals surface area contributed by atoms with Crippen molar-refractivity contribution in [2.75, 3.05) is 29.9 Å². The Bertz CT molecular complexity index is 1180. The zero-order valence-electron chi connectivity index (χ0n) is 16.7. The Kier molecular flexibility index (Phi) is 6.05. The fraction of sp³-hybridized carbons (Fsp3) is 0.400. The molecule has 9 nitrogen and oxygen atoms in total. The quantitative estimate of drug-likeness (QED) is 0.541. The molecule has 2 aromatic heterocycles. The second-order valence-corrected chi connectivity index (χ2v) is 8.56. The standard InChI is InChI=1S/C20H24N6O3S/c1-25-18-17(19(28)24-20(25)29)22-15(23-18)5-6-16(27)21-14-4-2-3-13(11-14)12-26-7-9-30-10-8-26/h2-4,11H,5-10,12H2,1H3,(H,21,27)(H,22,23)(H,24,28,29). The van der Waals surface area contributed by atoms with Crippen LogP contribution in [0.25, 0.3) is 11.2 Å². The number of aromatic amines is 2. The normalized spacial score (nSPS) is 14.8. The Morgan fingerprint density at radius 2 is 2.03 bits per heavy atom. The Morgan fingerprint density at radius 3 is 2.83 bits per heavy atom. The third-order valence-corrected chi connectivity index (χ3v) is 6.06. The van der Waals surface area contributed by atoms with E-state index in [1.807, 2.05) is 30.0 Å². The fourth-order valence-electron chi connectivity index (χ4n) is 3.49. The first kappa shape index (κ1) is 20.4. The Hall–Kier alpha value is -2.85. The number of anilines is 1. The number of carbonyl (C=O) groups is 1. The van der Waals surface area contributed by atoms with Gasteiger partial charge in [-0.25, -0.2) is 9.78 Å². The molecule has 1 aromatic carbocycles. The highest BCUT2D eigenvalue weighted by Gasteiger charge is 2.13. The molecule has 3 N–H and O–H groups in total. The van der Waals surface area contributed by atoms with Gasteiger partial charge in [-0.3, -0.25) is 24.0 Å². The lowest BCUT2D eigenvalue weighted by Crippen LogP contribution is -2.31. The highest BCUT2D eigenvalue weighted by atomic mass is 32.2. The number of aromatic nitrogens is 4. The number of rotatable bonds is 6. The van der Waals surface area contributed by atoms with Gasteiger partial charge in [0.25, 0.3) is 5.56 Å². The minimum Gasteiger partial charge on any atom is -0.336 e. The van der Waals surface area contributed by atoms with Gasteiger partial charge in [0.1, 0.15) is 11.3 Å². The van der Waals surface area contributed by atoms with Gasteiger partial charge in [0.2, 0.25) is 5.91 Å². The third-order valence-electron chi connectivity index (χ3n) is 5.11. The minimum atomic E-state index is -0.522. The number of aryl methyl sites for hydroxylation is 2. The lowest BCUT2D eigenvalue weighted by Gasteiger charge is -2.26. The summed E-state index contributed by atoms with van der Waals surface area (Å²) in [5.41, 5.74) is 1.43. The smallest absolute Gasteiger partial charge is 0.329 e. The van der Waals surface area contributed by atoms with Crippen LogP contribution in [0.5, 0.6) is 0 Å². The Labute approximate surface area is 176 Å². The van der Waals surface area contributed by atoms with Crippen molar-refractivity contribution in [3.8, 4) is 0 Å². The highest BCUT2D eigenvalue weighted by Crippen LogP contribution is 2.16. The number of amides is 1. The van der Waals surface area contributed by atoms with Crippen LogP contribution in [0.15, 0.2) is 33.9 Å². The molecule has 1 aliphatic heterocycles. The Morgan fingerprint density at radius 1 is 1.23 bits per heavy atom. The van der Waals surface area contributed by atoms with E-state index in [1.54, 1.807) is 0 Å². The van der Waals surface area contributed by atoms with E-state index < -0.39 is 11.2 Å². The number of carbonyl (C=O) groups excluding carboxylic acids is 1. The summed E-state index contributed by atoms with van der Waals surface area (Å²) in [6.45, 7) is 3.07. The number of nitrogens with zero attached hydrogens (tertiary/aromatic N) is 3. The number of fused-ring (bicyclic) bond motifs is 1. The average molecular weight is 429 g/mol. The maximum Gasteiger partial charge on any atom is 0.329 e. The van der Waals surface area contributed by atoms with Crippen LogP contribution >= 0.6 is 11.8 Å². The minimum absolute atomic E-state index is 0.134. The maximum absolute atomic E-state index is 12.4. The number of nitrogens with one attached hydrogen (secondary N) is 3. The van der Waals surface area contributed by atoms with E-state index in [0.717, 1.165) is 36.8 Å². The van der Waals surface area contributed by atoms with E-state index in [2.05, 4.69) is 31.2 Å². The summed E-state index contributed by atoms with van der Waals surface area (Å²) in [5, 5.41) is 2.93. The van der Waals surface area contributed by atoms with E-state index in [4.69, 9.17) is 0 Å². The van der Waals surface area contributed by atoms with E-state index in [-0.39, 0.29) is 23.5 Å². The number of hydrogen-bond donors (Lipinski definition) is 3. The first-order valence-corrected chi connectivity index (χ1v) is 11.0. The van der Waals surface area contributed by atoms with E-state index in [1.165, 1.54) is 17.2 Å². The van der Waals surface area contributed by atoms with Crippen LogP contribution in [0.1, 0.15) is 17.8 Å². The molecule has 10 heteroatoms. The molecule has 0 aliphatic carbocycles. The first-order valence-electron chi connectivity index (χ1n) is 9.86. The summed E-state index contributed by atoms with van der Waals surface area (Å²) in [4.78, 5) is 47.8. The van der Waals surface area contributed by atoms with Crippen molar-refractivity contribution in [2.24, 2.45) is 7.05 Å². The number of thioether (sulfide) groups is 1. The lowest BCUT2D eigenvalue weighted by molar-refractivity contribution is -0.116. The summed E-state index contributed by atoms with van der Waals surface area (Å²) in [6, 6.07) is 7.92. The first-order chi connectivity index (χ1) is 14.5. The van der Waals surface area contributed by atoms with Crippen LogP contribution in [0.2, 0.25) is 0 Å². The lowest BCUT2D eigenvalue weighted by atomic mass is 10.1. The molecule has 1 amide bonds. The summed E-state index contributed by atoms with van der Waals surface area (Å²) in [5.74, 6) is 2.68. The van der Waals surface area contributed by atoms with Crippen LogP contribution in [-0.4, -0.2) is 54.9 Å². The van der Waals surface area contributed by atoms with Gasteiger partial charge < -0.3 is 10.3 Å². The van der Waals surface area contributed by atoms with Gasteiger partial charge in [-0.2, -0.15) is 11.8 Å². The van der Waals surface area contributed by atoms with E-state index in [9.17, 15) is 14.4 Å². The van der Waals surface area contributed by atoms with Gasteiger partial charge >= 0.3 is 5.69 Å². The van der Waals surface area contributed by atoms with E-state index in [0.29, 0.717) is 12.2 Å². The molecule has 0 bridgehead atoms. The topological polar surface area (TPSA) is 116 Å². The molecule has 4 rings (SSSR count). The van der Waals surface area contributed by atoms with Crippen molar-refractivity contribution in [2.45, 2.75) is 19.4 Å². The van der Waals surface area contributed by atoms with Crippen molar-refractivity contribution in [3.63, 3.8) is 0 Å². The molecule has 1 saturated heterocycles. The van der Waals surface area contributed by atoms with Crippen molar-refractivity contribution >= 4 is 34.5 Å². The molecule has 3 aromatic rings. The SMILES string of the molecule is Cn1c(=O)[nH]c(=O)c2[nH]c(CCC(=O)Nc3cccc(CN4CCSCC4)c3)nc21. The average Bonchev–Trinajstić information content (AvgIpc) is 3.17. The van der Waals surface area contributed by atoms with Crippen LogP contribution in [-0.2, 0) is 24.8 Å². The van der Waals surface area contributed by atoms with Crippen molar-refractivity contribution in [3.05, 3.63) is 56.5 Å². The van der Waals surface area contributed by atoms with Crippen LogP contribution < -0.4 is 16.6 Å². The van der Waals surface area contributed by atoms with Crippen molar-refractivity contribution in [1.82, 2.24) is 24.4 Å². The van der Waals surface area contributed by atoms with Gasteiger partial charge in [-0.1, -0.05) is 12.1 Å². The predicted molar refractivity (Wildman–Crippen MR) is 118 cm³/mol. The molecule has 3 heterocycles. The molecule has 0 radical (unpaired) electrons. The summed E-state index contributed by atoms with van der Waals surface area (Å²) in [6.07, 6.45) is 0.540. The van der Waals surface area contributed by atoms with Crippen LogP contribution in [0.4, 0.5) is 5.69 Å². The summed E-state index contributed by atoms with van der Waals surface area (Å²) in [7, 11) is 1.54. The third kappa shape index (κ3) is 4.65. The van der Waals surface area contributed by atoms with Gasteiger partial charge in [0, 0.05) is 56.7 Å². The zero-order chi connectivity index (χ0) is 21.1. The molecule has 1 fully saturated rings. The second-order valence-electron chi connectivity index (χ2n) is 7.34. The molecule has 1 aliphatic rings. The fourth-order valence-corrected chi connectivity index (χ4v) is 4.47. The molecule has 30 heavy (non-hydrogen) atoms. The molecule has 0 saturated carbocycles. The van der Waals surface area contributed by atoms with Crippen LogP contribution in [0, 0.1) is 0 Å². The van der Waals surface area contributed by atoms with Gasteiger partial charge in [-0.05, 0) is 17.7 Å². The highest BCUT2D eigenvalue weighted by molar-refractivity contribution is 7.99. The molecule has 158 valence electrons. The monoisotopic (exact) mass is 428 g/mol. The molecular weight excluding hydrogens is 404 g/mol. The van der Waals surface area contributed by atoms with Crippen molar-refractivity contribution < 1.29 is 4.79 Å². The molecule has 0 atom stereocenters. The zero-order valence-corrected chi connectivity index (χ0v) is 17.6. The van der Waals surface area contributed by atoms with Crippen LogP contribution in [0.3, 0.4) is 0 Å². The van der Waals surface area contributed by atoms with Gasteiger partial charge in [-0.15, -0.1) is 0 Å². The largest absolute Gasteiger partial charge is 0.336 e. The molecular formula is C20H24N6O3S. The van der Waals surface area contributed by atoms with Gasteiger partial charge in [0.15, 0.2) is 5.65 Å². The molecule has 0 unspecified atom stereocenters. The number of H-pyrrole nitrogens is 2. The number of benzene rings is 1. The molecule has 0 spiro atoms.